The van der Waals surface area contributed by atoms with E-state index in [-0.39, 0.29) is 0 Å². The Morgan fingerprint density at radius 2 is 1.79 bits per heavy atom. The van der Waals surface area contributed by atoms with E-state index in [1.807, 2.05) is 17.5 Å². The topological polar surface area (TPSA) is 94.2 Å². The Bertz CT molecular complexity index is 1150. The molecule has 0 saturated heterocycles. The van der Waals surface area contributed by atoms with Crippen molar-refractivity contribution in [2.45, 2.75) is 19.5 Å². The third-order valence-corrected chi connectivity index (χ3v) is 5.97. The molecule has 2 heterocycles. The smallest absolute Gasteiger partial charge is 0.328 e. The van der Waals surface area contributed by atoms with Crippen molar-refractivity contribution >= 4 is 34.8 Å². The van der Waals surface area contributed by atoms with Gasteiger partial charge in [0, 0.05) is 22.2 Å². The van der Waals surface area contributed by atoms with E-state index < -0.39 is 30.4 Å². The average molecular weight is 481 g/mol. The van der Waals surface area contributed by atoms with Crippen molar-refractivity contribution in [3.63, 3.8) is 0 Å². The van der Waals surface area contributed by atoms with Crippen molar-refractivity contribution in [3.05, 3.63) is 76.5 Å². The molecule has 9 heteroatoms. The standard InChI is InChI=1S/C25H24N2O6S/c1-17(26-24(29)18-6-3-2-4-7-18)25(30)33-16-23(28)27(15-20-8-5-13-34-20)19-9-10-21-22(14-19)32-12-11-31-21/h2-10,13-14,17H,11-12,15-16H2,1H3,(H,26,29)/t17-/m0/s1. The van der Waals surface area contributed by atoms with Crippen LogP contribution in [0.3, 0.4) is 0 Å². The van der Waals surface area contributed by atoms with Crippen molar-refractivity contribution in [1.29, 1.82) is 0 Å². The molecule has 1 aromatic heterocycles. The van der Waals surface area contributed by atoms with Crippen LogP contribution in [0.15, 0.2) is 66.0 Å². The third-order valence-electron chi connectivity index (χ3n) is 5.11. The number of hydrogen-bond acceptors (Lipinski definition) is 7. The van der Waals surface area contributed by atoms with Gasteiger partial charge in [-0.15, -0.1) is 11.3 Å². The van der Waals surface area contributed by atoms with Gasteiger partial charge in [-0.2, -0.15) is 0 Å². The van der Waals surface area contributed by atoms with Gasteiger partial charge in [0.25, 0.3) is 11.8 Å². The molecule has 4 rings (SSSR count). The molecule has 0 bridgehead atoms. The lowest BCUT2D eigenvalue weighted by molar-refractivity contribution is -0.149. The van der Waals surface area contributed by atoms with Crippen molar-refractivity contribution in [1.82, 2.24) is 5.32 Å². The largest absolute Gasteiger partial charge is 0.486 e. The number of benzene rings is 2. The fourth-order valence-corrected chi connectivity index (χ4v) is 4.04. The zero-order valence-corrected chi connectivity index (χ0v) is 19.4. The summed E-state index contributed by atoms with van der Waals surface area (Å²) in [5.74, 6) is -0.322. The third kappa shape index (κ3) is 5.74. The van der Waals surface area contributed by atoms with Gasteiger partial charge in [-0.1, -0.05) is 24.3 Å². The SMILES string of the molecule is C[C@H](NC(=O)c1ccccc1)C(=O)OCC(=O)N(Cc1cccs1)c1ccc2c(c1)OCCO2. The second-order valence-corrected chi connectivity index (χ2v) is 8.59. The number of nitrogens with zero attached hydrogens (tertiary/aromatic N) is 1. The first-order chi connectivity index (χ1) is 16.5. The van der Waals surface area contributed by atoms with E-state index in [0.29, 0.717) is 42.5 Å². The number of anilines is 1. The van der Waals surface area contributed by atoms with Gasteiger partial charge < -0.3 is 24.4 Å². The minimum absolute atomic E-state index is 0.313. The maximum absolute atomic E-state index is 13.1. The summed E-state index contributed by atoms with van der Waals surface area (Å²) in [5.41, 5.74) is 1.03. The Kier molecular flexibility index (Phi) is 7.44. The predicted octanol–water partition coefficient (Wildman–Crippen LogP) is 3.41. The Morgan fingerprint density at radius 1 is 1.03 bits per heavy atom. The van der Waals surface area contributed by atoms with E-state index in [1.54, 1.807) is 48.5 Å². The summed E-state index contributed by atoms with van der Waals surface area (Å²) in [6, 6.07) is 16.7. The van der Waals surface area contributed by atoms with Gasteiger partial charge in [-0.05, 0) is 42.6 Å². The average Bonchev–Trinajstić information content (AvgIpc) is 3.39. The van der Waals surface area contributed by atoms with Gasteiger partial charge >= 0.3 is 5.97 Å². The number of esters is 1. The van der Waals surface area contributed by atoms with E-state index >= 15 is 0 Å². The van der Waals surface area contributed by atoms with Crippen LogP contribution in [0.2, 0.25) is 0 Å². The van der Waals surface area contributed by atoms with Gasteiger partial charge in [-0.25, -0.2) is 4.79 Å². The van der Waals surface area contributed by atoms with Crippen molar-refractivity contribution < 1.29 is 28.6 Å². The Labute approximate surface area is 201 Å². The highest BCUT2D eigenvalue weighted by Crippen LogP contribution is 2.34. The van der Waals surface area contributed by atoms with Gasteiger partial charge in [-0.3, -0.25) is 9.59 Å². The first-order valence-electron chi connectivity index (χ1n) is 10.8. The van der Waals surface area contributed by atoms with Crippen LogP contribution < -0.4 is 19.7 Å². The van der Waals surface area contributed by atoms with E-state index in [0.717, 1.165) is 4.88 Å². The number of thiophene rings is 1. The summed E-state index contributed by atoms with van der Waals surface area (Å²) in [7, 11) is 0. The second kappa shape index (κ2) is 10.8. The predicted molar refractivity (Wildman–Crippen MR) is 127 cm³/mol. The summed E-state index contributed by atoms with van der Waals surface area (Å²) in [4.78, 5) is 40.3. The normalized spacial score (nSPS) is 13.0. The molecule has 1 aliphatic rings. The lowest BCUT2D eigenvalue weighted by atomic mass is 10.2. The molecular weight excluding hydrogens is 456 g/mol. The fourth-order valence-electron chi connectivity index (χ4n) is 3.35. The number of fused-ring (bicyclic) bond motifs is 1. The van der Waals surface area contributed by atoms with Crippen LogP contribution in [0.25, 0.3) is 0 Å². The first kappa shape index (κ1) is 23.3. The van der Waals surface area contributed by atoms with Crippen LogP contribution in [0, 0.1) is 0 Å². The monoisotopic (exact) mass is 480 g/mol. The van der Waals surface area contributed by atoms with Crippen LogP contribution in [-0.4, -0.2) is 43.6 Å². The number of carbonyl (C=O) groups excluding carboxylic acids is 3. The van der Waals surface area contributed by atoms with E-state index in [4.69, 9.17) is 14.2 Å². The molecule has 0 radical (unpaired) electrons. The molecule has 3 aromatic rings. The maximum atomic E-state index is 13.1. The summed E-state index contributed by atoms with van der Waals surface area (Å²) in [6.45, 7) is 2.26. The molecule has 8 nitrogen and oxygen atoms in total. The van der Waals surface area contributed by atoms with Gasteiger partial charge in [0.2, 0.25) is 0 Å². The molecule has 0 aliphatic carbocycles. The van der Waals surface area contributed by atoms with Crippen molar-refractivity contribution in [3.8, 4) is 11.5 Å². The summed E-state index contributed by atoms with van der Waals surface area (Å²) >= 11 is 1.52. The number of ether oxygens (including phenoxy) is 3. The van der Waals surface area contributed by atoms with Crippen molar-refractivity contribution in [2.24, 2.45) is 0 Å². The van der Waals surface area contributed by atoms with E-state index in [1.165, 1.54) is 23.2 Å². The van der Waals surface area contributed by atoms with E-state index in [2.05, 4.69) is 5.32 Å². The molecule has 1 N–H and O–H groups in total. The minimum Gasteiger partial charge on any atom is -0.486 e. The number of nitrogens with one attached hydrogen (secondary N) is 1. The highest BCUT2D eigenvalue weighted by Gasteiger charge is 2.24. The molecular formula is C25H24N2O6S. The summed E-state index contributed by atoms with van der Waals surface area (Å²) in [6.07, 6.45) is 0. The minimum atomic E-state index is -0.916. The number of amides is 2. The fraction of sp³-hybridized carbons (Fsp3) is 0.240. The lowest BCUT2D eigenvalue weighted by Gasteiger charge is -2.25. The second-order valence-electron chi connectivity index (χ2n) is 7.56. The zero-order chi connectivity index (χ0) is 23.9. The quantitative estimate of drug-likeness (QED) is 0.497. The van der Waals surface area contributed by atoms with Crippen LogP contribution in [0.5, 0.6) is 11.5 Å². The molecule has 0 spiro atoms. The molecule has 2 aromatic carbocycles. The number of hydrogen-bond donors (Lipinski definition) is 1. The van der Waals surface area contributed by atoms with E-state index in [9.17, 15) is 14.4 Å². The van der Waals surface area contributed by atoms with Gasteiger partial charge in [0.1, 0.15) is 19.3 Å². The number of rotatable bonds is 8. The molecule has 0 fully saturated rings. The molecule has 34 heavy (non-hydrogen) atoms. The Hall–Kier alpha value is -3.85. The highest BCUT2D eigenvalue weighted by atomic mass is 32.1. The highest BCUT2D eigenvalue weighted by molar-refractivity contribution is 7.09. The first-order valence-corrected chi connectivity index (χ1v) is 11.6. The van der Waals surface area contributed by atoms with Gasteiger partial charge in [0.05, 0.1) is 6.54 Å². The summed E-state index contributed by atoms with van der Waals surface area (Å²) < 4.78 is 16.4. The maximum Gasteiger partial charge on any atom is 0.328 e. The van der Waals surface area contributed by atoms with Crippen LogP contribution >= 0.6 is 11.3 Å². The molecule has 176 valence electrons. The Morgan fingerprint density at radius 3 is 2.53 bits per heavy atom. The van der Waals surface area contributed by atoms with Crippen LogP contribution in [0.1, 0.15) is 22.2 Å². The lowest BCUT2D eigenvalue weighted by Crippen LogP contribution is -2.41. The molecule has 1 aliphatic heterocycles. The Balaban J connectivity index is 1.41. The zero-order valence-electron chi connectivity index (χ0n) is 18.6. The van der Waals surface area contributed by atoms with Crippen LogP contribution in [0.4, 0.5) is 5.69 Å². The van der Waals surface area contributed by atoms with Crippen molar-refractivity contribution in [2.75, 3.05) is 24.7 Å². The molecule has 2 amide bonds. The van der Waals surface area contributed by atoms with Gasteiger partial charge in [0.15, 0.2) is 18.1 Å². The molecule has 0 unspecified atom stereocenters. The summed E-state index contributed by atoms with van der Waals surface area (Å²) in [5, 5.41) is 4.51. The van der Waals surface area contributed by atoms with Crippen LogP contribution in [-0.2, 0) is 20.9 Å². The molecule has 0 saturated carbocycles. The number of carbonyl (C=O) groups is 3. The molecule has 1 atom stereocenters.